The number of urea groups is 1. The fourth-order valence-corrected chi connectivity index (χ4v) is 4.03. The van der Waals surface area contributed by atoms with Crippen LogP contribution in [0.5, 0.6) is 0 Å². The maximum absolute atomic E-state index is 13.4. The zero-order valence-corrected chi connectivity index (χ0v) is 17.2. The van der Waals surface area contributed by atoms with Gasteiger partial charge in [-0.2, -0.15) is 0 Å². The number of likely N-dealkylation sites (N-methyl/N-ethyl adjacent to an activating group) is 1. The molecule has 0 N–H and O–H groups in total. The second-order valence-corrected chi connectivity index (χ2v) is 7.84. The van der Waals surface area contributed by atoms with E-state index in [9.17, 15) is 9.59 Å². The highest BCUT2D eigenvalue weighted by Gasteiger charge is 2.53. The van der Waals surface area contributed by atoms with Crippen LogP contribution in [0.4, 0.5) is 10.7 Å². The van der Waals surface area contributed by atoms with Crippen molar-refractivity contribution in [2.24, 2.45) is 4.99 Å². The lowest BCUT2D eigenvalue weighted by atomic mass is 10.1. The van der Waals surface area contributed by atoms with E-state index in [0.29, 0.717) is 23.4 Å². The minimum absolute atomic E-state index is 0.172. The van der Waals surface area contributed by atoms with Crippen LogP contribution in [0.15, 0.2) is 58.3 Å². The van der Waals surface area contributed by atoms with Crippen LogP contribution in [0.25, 0.3) is 0 Å². The van der Waals surface area contributed by atoms with Gasteiger partial charge >= 0.3 is 12.0 Å². The number of aromatic nitrogens is 2. The summed E-state index contributed by atoms with van der Waals surface area (Å²) in [4.78, 5) is 33.6. The number of imide groups is 1. The Labute approximate surface area is 177 Å². The number of hydrogen-bond acceptors (Lipinski definition) is 4. The fourth-order valence-electron chi connectivity index (χ4n) is 3.90. The lowest BCUT2D eigenvalue weighted by Gasteiger charge is -2.33. The summed E-state index contributed by atoms with van der Waals surface area (Å²) in [5, 5.41) is 0.603. The van der Waals surface area contributed by atoms with Crippen molar-refractivity contribution in [3.63, 3.8) is 0 Å². The van der Waals surface area contributed by atoms with E-state index in [1.165, 1.54) is 9.80 Å². The van der Waals surface area contributed by atoms with Crippen molar-refractivity contribution in [2.75, 3.05) is 7.05 Å². The third kappa shape index (κ3) is 2.83. The van der Waals surface area contributed by atoms with Crippen LogP contribution >= 0.6 is 11.6 Å². The number of aliphatic imine (C=N–C) groups is 1. The minimum atomic E-state index is -0.674. The number of carbonyl (C=O) groups is 2. The first-order chi connectivity index (χ1) is 14.4. The maximum atomic E-state index is 13.4. The summed E-state index contributed by atoms with van der Waals surface area (Å²) >= 11 is 5.95. The van der Waals surface area contributed by atoms with Gasteiger partial charge in [-0.25, -0.2) is 13.9 Å². The molecule has 2 aliphatic rings. The van der Waals surface area contributed by atoms with Gasteiger partial charge in [0.05, 0.1) is 12.8 Å². The third-order valence-electron chi connectivity index (χ3n) is 5.47. The first kappa shape index (κ1) is 18.6. The Morgan fingerprint density at radius 1 is 1.17 bits per heavy atom. The number of rotatable bonds is 4. The van der Waals surface area contributed by atoms with Crippen molar-refractivity contribution in [1.29, 1.82) is 0 Å². The quantitative estimate of drug-likeness (QED) is 0.604. The SMILES string of the molecule is Cc1c[n+]2c(n1Cc1ccco1)N=C1C2C(=O)N(Cc2ccc(Cl)cc2)C(=O)N1C. The molecule has 1 fully saturated rings. The molecule has 4 heterocycles. The maximum Gasteiger partial charge on any atom is 0.402 e. The summed E-state index contributed by atoms with van der Waals surface area (Å²) in [6.07, 6.45) is 3.51. The van der Waals surface area contributed by atoms with E-state index in [1.807, 2.05) is 46.5 Å². The molecule has 1 aromatic carbocycles. The van der Waals surface area contributed by atoms with Crippen molar-refractivity contribution in [3.05, 3.63) is 70.9 Å². The minimum Gasteiger partial charge on any atom is -0.466 e. The molecule has 9 heteroatoms. The molecule has 0 saturated carbocycles. The van der Waals surface area contributed by atoms with E-state index in [1.54, 1.807) is 25.4 Å². The lowest BCUT2D eigenvalue weighted by Crippen LogP contribution is -2.62. The van der Waals surface area contributed by atoms with Gasteiger partial charge in [0.15, 0.2) is 0 Å². The predicted octanol–water partition coefficient (Wildman–Crippen LogP) is 3.06. The fraction of sp³-hybridized carbons (Fsp3) is 0.238. The van der Waals surface area contributed by atoms with Crippen LogP contribution in [-0.4, -0.2) is 39.2 Å². The van der Waals surface area contributed by atoms with Crippen molar-refractivity contribution in [3.8, 4) is 0 Å². The number of amides is 3. The number of halogens is 1. The summed E-state index contributed by atoms with van der Waals surface area (Å²) < 4.78 is 9.26. The van der Waals surface area contributed by atoms with Gasteiger partial charge in [0, 0.05) is 12.1 Å². The Bertz CT molecular complexity index is 1180. The van der Waals surface area contributed by atoms with Crippen LogP contribution < -0.4 is 4.57 Å². The van der Waals surface area contributed by atoms with Gasteiger partial charge in [-0.05, 0) is 36.8 Å². The van der Waals surface area contributed by atoms with Crippen molar-refractivity contribution >= 4 is 35.3 Å². The molecule has 1 atom stereocenters. The van der Waals surface area contributed by atoms with E-state index in [0.717, 1.165) is 17.0 Å². The molecule has 152 valence electrons. The molecule has 2 aliphatic heterocycles. The van der Waals surface area contributed by atoms with Crippen LogP contribution in [0, 0.1) is 6.92 Å². The second-order valence-electron chi connectivity index (χ2n) is 7.41. The largest absolute Gasteiger partial charge is 0.466 e. The molecule has 0 aliphatic carbocycles. The van der Waals surface area contributed by atoms with Gasteiger partial charge in [0.25, 0.3) is 5.91 Å². The number of benzene rings is 1. The lowest BCUT2D eigenvalue weighted by molar-refractivity contribution is -0.677. The zero-order valence-electron chi connectivity index (χ0n) is 16.4. The first-order valence-electron chi connectivity index (χ1n) is 9.50. The molecule has 30 heavy (non-hydrogen) atoms. The Kier molecular flexibility index (Phi) is 4.25. The summed E-state index contributed by atoms with van der Waals surface area (Å²) in [5.41, 5.74) is 1.77. The normalized spacial score (nSPS) is 18.0. The van der Waals surface area contributed by atoms with Crippen molar-refractivity contribution < 1.29 is 18.6 Å². The highest BCUT2D eigenvalue weighted by molar-refractivity contribution is 6.30. The molecule has 0 spiro atoms. The number of furan rings is 1. The van der Waals surface area contributed by atoms with E-state index in [-0.39, 0.29) is 12.5 Å². The van der Waals surface area contributed by atoms with Gasteiger partial charge in [-0.15, -0.1) is 0 Å². The Hall–Kier alpha value is -3.39. The monoisotopic (exact) mass is 424 g/mol. The molecule has 1 saturated heterocycles. The molecule has 8 nitrogen and oxygen atoms in total. The van der Waals surface area contributed by atoms with E-state index >= 15 is 0 Å². The molecule has 0 radical (unpaired) electrons. The Morgan fingerprint density at radius 3 is 2.63 bits per heavy atom. The second kappa shape index (κ2) is 6.84. The Morgan fingerprint density at radius 2 is 1.93 bits per heavy atom. The van der Waals surface area contributed by atoms with Crippen LogP contribution in [0.3, 0.4) is 0 Å². The number of fused-ring (bicyclic) bond motifs is 3. The summed E-state index contributed by atoms with van der Waals surface area (Å²) in [6, 6.07) is 9.75. The number of hydrogen-bond donors (Lipinski definition) is 0. The smallest absolute Gasteiger partial charge is 0.402 e. The van der Waals surface area contributed by atoms with Gasteiger partial charge in [0.2, 0.25) is 11.9 Å². The van der Waals surface area contributed by atoms with Crippen LogP contribution in [0.2, 0.25) is 5.02 Å². The van der Waals surface area contributed by atoms with Gasteiger partial charge < -0.3 is 4.42 Å². The molecular weight excluding hydrogens is 406 g/mol. The van der Waals surface area contributed by atoms with E-state index < -0.39 is 12.1 Å². The van der Waals surface area contributed by atoms with Crippen LogP contribution in [0.1, 0.15) is 23.1 Å². The van der Waals surface area contributed by atoms with Crippen molar-refractivity contribution in [2.45, 2.75) is 26.1 Å². The van der Waals surface area contributed by atoms with Crippen LogP contribution in [-0.2, 0) is 17.9 Å². The third-order valence-corrected chi connectivity index (χ3v) is 5.72. The van der Waals surface area contributed by atoms with E-state index in [4.69, 9.17) is 16.0 Å². The topological polar surface area (TPSA) is 74.9 Å². The summed E-state index contributed by atoms with van der Waals surface area (Å²) in [5.74, 6) is 1.53. The first-order valence-corrected chi connectivity index (χ1v) is 9.87. The molecular formula is C21H19ClN5O3+. The number of imidazole rings is 1. The molecule has 3 aromatic rings. The highest BCUT2D eigenvalue weighted by atomic mass is 35.5. The molecule has 3 amide bonds. The number of nitrogens with zero attached hydrogens (tertiary/aromatic N) is 5. The number of aryl methyl sites for hydroxylation is 1. The predicted molar refractivity (Wildman–Crippen MR) is 108 cm³/mol. The van der Waals surface area contributed by atoms with Crippen molar-refractivity contribution in [1.82, 2.24) is 14.4 Å². The molecule has 1 unspecified atom stereocenters. The summed E-state index contributed by atoms with van der Waals surface area (Å²) in [6.45, 7) is 2.62. The standard InChI is InChI=1S/C21H19ClN5O3/c1-13-10-26-17-18(23-20(26)25(13)12-16-4-3-9-30-16)24(2)21(29)27(19(17)28)11-14-5-7-15(22)8-6-14/h3-10,17H,11-12H2,1-2H3/q+1. The average molecular weight is 425 g/mol. The number of amidine groups is 1. The summed E-state index contributed by atoms with van der Waals surface area (Å²) in [7, 11) is 1.64. The average Bonchev–Trinajstić information content (AvgIpc) is 3.43. The molecule has 0 bridgehead atoms. The Balaban J connectivity index is 1.50. The van der Waals surface area contributed by atoms with Gasteiger partial charge in [-0.3, -0.25) is 14.6 Å². The molecule has 5 rings (SSSR count). The highest BCUT2D eigenvalue weighted by Crippen LogP contribution is 2.30. The van der Waals surface area contributed by atoms with Gasteiger partial charge in [-0.1, -0.05) is 28.7 Å². The molecule has 2 aromatic heterocycles. The van der Waals surface area contributed by atoms with Gasteiger partial charge in [0.1, 0.15) is 24.2 Å². The zero-order chi connectivity index (χ0) is 21.0. The number of carbonyl (C=O) groups excluding carboxylic acids is 2. The van der Waals surface area contributed by atoms with E-state index in [2.05, 4.69) is 4.99 Å².